The molecule has 0 bridgehead atoms. The van der Waals surface area contributed by atoms with Gasteiger partial charge < -0.3 is 0 Å². The van der Waals surface area contributed by atoms with Crippen molar-refractivity contribution in [1.29, 1.82) is 0 Å². The minimum atomic E-state index is 0.318. The van der Waals surface area contributed by atoms with Crippen LogP contribution in [-0.2, 0) is 4.74 Å². The molecule has 5 nitrogen and oxygen atoms in total. The Labute approximate surface area is 116 Å². The van der Waals surface area contributed by atoms with Gasteiger partial charge in [-0.15, -0.1) is 0 Å². The van der Waals surface area contributed by atoms with Gasteiger partial charge in [0.1, 0.15) is 0 Å². The Morgan fingerprint density at radius 2 is 2.39 bits per heavy atom. The molecule has 2 saturated heterocycles. The second-order valence-corrected chi connectivity index (χ2v) is 6.35. The Morgan fingerprint density at radius 3 is 3.11 bits per heavy atom. The molecule has 2 fully saturated rings. The maximum absolute atomic E-state index is 5.57. The first kappa shape index (κ1) is 12.2. The topological polar surface area (TPSA) is 50.3 Å². The van der Waals surface area contributed by atoms with Crippen molar-refractivity contribution in [3.63, 3.8) is 0 Å². The van der Waals surface area contributed by atoms with Crippen LogP contribution in [0, 0.1) is 0 Å². The van der Waals surface area contributed by atoms with Crippen LogP contribution in [-0.4, -0.2) is 59.2 Å². The molecule has 3 rings (SSSR count). The van der Waals surface area contributed by atoms with Crippen LogP contribution in [0.15, 0.2) is 12.3 Å². The van der Waals surface area contributed by atoms with Crippen LogP contribution >= 0.6 is 0 Å². The normalized spacial score (nSPS) is 24.1. The molecule has 1 N–H and O–H groups in total. The molecule has 0 aromatic carbocycles. The summed E-state index contributed by atoms with van der Waals surface area (Å²) in [7, 11) is 0. The van der Waals surface area contributed by atoms with Crippen molar-refractivity contribution in [2.24, 2.45) is 0 Å². The van der Waals surface area contributed by atoms with Gasteiger partial charge in [-0.2, -0.15) is 0 Å². The molecule has 2 aliphatic rings. The number of rotatable bonds is 4. The summed E-state index contributed by atoms with van der Waals surface area (Å²) < 4.78 is 6.29. The molecule has 0 aliphatic carbocycles. The van der Waals surface area contributed by atoms with Crippen LogP contribution in [0.1, 0.15) is 12.8 Å². The molecular weight excluding hydrogens is 291 g/mol. The molecule has 18 heavy (non-hydrogen) atoms. The third kappa shape index (κ3) is 2.78. The predicted molar refractivity (Wildman–Crippen MR) is 71.2 cm³/mol. The Balaban J connectivity index is 1.56. The summed E-state index contributed by atoms with van der Waals surface area (Å²) in [5.74, 6) is 1.72. The second kappa shape index (κ2) is 5.45. The van der Waals surface area contributed by atoms with Gasteiger partial charge in [-0.05, 0) is 0 Å². The van der Waals surface area contributed by atoms with Crippen LogP contribution in [0.3, 0.4) is 0 Å². The predicted octanol–water partition coefficient (Wildman–Crippen LogP) is 0.844. The Hall–Kier alpha value is -0.802. The maximum atomic E-state index is 5.57. The summed E-state index contributed by atoms with van der Waals surface area (Å²) in [4.78, 5) is 11.0. The van der Waals surface area contributed by atoms with Gasteiger partial charge in [-0.25, -0.2) is 0 Å². The van der Waals surface area contributed by atoms with E-state index in [1.165, 1.54) is 0 Å². The van der Waals surface area contributed by atoms with Gasteiger partial charge in [0, 0.05) is 0 Å². The van der Waals surface area contributed by atoms with Crippen molar-refractivity contribution in [3.05, 3.63) is 12.3 Å². The van der Waals surface area contributed by atoms with Crippen LogP contribution in [0.2, 0.25) is 4.71 Å². The molecule has 1 aromatic heterocycles. The van der Waals surface area contributed by atoms with Crippen molar-refractivity contribution >= 4 is 28.6 Å². The number of hydrogen-bond donors (Lipinski definition) is 1. The first-order valence-corrected chi connectivity index (χ1v) is 7.51. The van der Waals surface area contributed by atoms with E-state index in [4.69, 9.17) is 4.74 Å². The average Bonchev–Trinajstić information content (AvgIpc) is 2.86. The third-order valence-electron chi connectivity index (χ3n) is 3.34. The SMILES string of the molecule is [As]C1CN(c2ccnc(NCC3CCCO3)n2)C1. The van der Waals surface area contributed by atoms with Gasteiger partial charge in [0.2, 0.25) is 0 Å². The molecule has 2 aliphatic heterocycles. The van der Waals surface area contributed by atoms with Gasteiger partial charge in [0.25, 0.3) is 0 Å². The van der Waals surface area contributed by atoms with Crippen LogP contribution in [0.25, 0.3) is 0 Å². The fraction of sp³-hybridized carbons (Fsp3) is 0.667. The zero-order valence-electron chi connectivity index (χ0n) is 10.2. The van der Waals surface area contributed by atoms with E-state index in [1.807, 2.05) is 12.3 Å². The Bertz CT molecular complexity index is 405. The molecule has 0 amide bonds. The zero-order chi connectivity index (χ0) is 12.4. The van der Waals surface area contributed by atoms with E-state index in [1.54, 1.807) is 0 Å². The van der Waals surface area contributed by atoms with Gasteiger partial charge in [0.05, 0.1) is 0 Å². The van der Waals surface area contributed by atoms with Crippen molar-refractivity contribution in [3.8, 4) is 0 Å². The summed E-state index contributed by atoms with van der Waals surface area (Å²) in [6.45, 7) is 3.83. The quantitative estimate of drug-likeness (QED) is 0.836. The Kier molecular flexibility index (Phi) is 3.71. The molecule has 1 atom stereocenters. The average molecular weight is 308 g/mol. The van der Waals surface area contributed by atoms with E-state index in [0.29, 0.717) is 12.1 Å². The molecule has 3 heterocycles. The summed E-state index contributed by atoms with van der Waals surface area (Å²) >= 11 is 2.70. The fourth-order valence-corrected chi connectivity index (χ4v) is 3.09. The molecule has 1 unspecified atom stereocenters. The van der Waals surface area contributed by atoms with Crippen molar-refractivity contribution < 1.29 is 4.74 Å². The number of nitrogens with zero attached hydrogens (tertiary/aromatic N) is 3. The monoisotopic (exact) mass is 308 g/mol. The molecule has 2 radical (unpaired) electrons. The third-order valence-corrected chi connectivity index (χ3v) is 4.02. The van der Waals surface area contributed by atoms with Crippen LogP contribution < -0.4 is 10.2 Å². The van der Waals surface area contributed by atoms with Gasteiger partial charge in [0.15, 0.2) is 0 Å². The van der Waals surface area contributed by atoms with E-state index in [9.17, 15) is 0 Å². The van der Waals surface area contributed by atoms with Crippen LogP contribution in [0.4, 0.5) is 11.8 Å². The summed E-state index contributed by atoms with van der Waals surface area (Å²) in [5.41, 5.74) is 0. The number of anilines is 2. The second-order valence-electron chi connectivity index (χ2n) is 4.81. The number of aromatic nitrogens is 2. The standard InChI is InChI=1S/C12H17AsN4O/c13-9-7-17(8-9)11-3-4-14-12(16-11)15-6-10-2-1-5-18-10/h3-4,9-10H,1-2,5-8H2,(H,14,15,16). The fourth-order valence-electron chi connectivity index (χ4n) is 2.26. The van der Waals surface area contributed by atoms with E-state index in [0.717, 1.165) is 49.6 Å². The number of hydrogen-bond acceptors (Lipinski definition) is 5. The van der Waals surface area contributed by atoms with Crippen molar-refractivity contribution in [2.45, 2.75) is 23.7 Å². The molecule has 0 saturated carbocycles. The van der Waals surface area contributed by atoms with Crippen molar-refractivity contribution in [2.75, 3.05) is 36.5 Å². The molecular formula is C12H17AsN4O. The number of nitrogens with one attached hydrogen (secondary N) is 1. The van der Waals surface area contributed by atoms with Gasteiger partial charge >= 0.3 is 116 Å². The van der Waals surface area contributed by atoms with Crippen molar-refractivity contribution in [1.82, 2.24) is 9.97 Å². The van der Waals surface area contributed by atoms with Gasteiger partial charge in [-0.3, -0.25) is 0 Å². The molecule has 0 spiro atoms. The number of ether oxygens (including phenoxy) is 1. The first-order chi connectivity index (χ1) is 8.81. The van der Waals surface area contributed by atoms with E-state index >= 15 is 0 Å². The molecule has 6 heteroatoms. The minimum absolute atomic E-state index is 0.318. The van der Waals surface area contributed by atoms with E-state index in [2.05, 4.69) is 37.0 Å². The van der Waals surface area contributed by atoms with E-state index in [-0.39, 0.29) is 0 Å². The first-order valence-electron chi connectivity index (χ1n) is 6.43. The van der Waals surface area contributed by atoms with Crippen LogP contribution in [0.5, 0.6) is 0 Å². The van der Waals surface area contributed by atoms with E-state index < -0.39 is 0 Å². The molecule has 96 valence electrons. The van der Waals surface area contributed by atoms with Gasteiger partial charge in [-0.1, -0.05) is 0 Å². The summed E-state index contributed by atoms with van der Waals surface area (Å²) in [6.07, 6.45) is 4.43. The Morgan fingerprint density at radius 1 is 1.50 bits per heavy atom. The summed E-state index contributed by atoms with van der Waals surface area (Å²) in [5, 5.41) is 3.26. The molecule has 1 aromatic rings. The summed E-state index contributed by atoms with van der Waals surface area (Å²) in [6, 6.07) is 1.97. The zero-order valence-corrected chi connectivity index (χ0v) is 12.1.